The Morgan fingerprint density at radius 3 is 1.39 bits per heavy atom. The summed E-state index contributed by atoms with van der Waals surface area (Å²) in [4.78, 5) is 0. The van der Waals surface area contributed by atoms with E-state index >= 15 is 0 Å². The average molecular weight is 240 g/mol. The van der Waals surface area contributed by atoms with Crippen molar-refractivity contribution in [1.82, 2.24) is 0 Å². The van der Waals surface area contributed by atoms with Crippen LogP contribution in [0.3, 0.4) is 0 Å². The van der Waals surface area contributed by atoms with E-state index in [9.17, 15) is 5.11 Å². The van der Waals surface area contributed by atoms with Crippen molar-refractivity contribution in [3.63, 3.8) is 0 Å². The van der Waals surface area contributed by atoms with E-state index in [-0.39, 0.29) is 0 Å². The molecular weight excluding hydrogens is 220 g/mol. The van der Waals surface area contributed by atoms with Crippen molar-refractivity contribution in [1.29, 1.82) is 0 Å². The van der Waals surface area contributed by atoms with Crippen molar-refractivity contribution in [3.05, 3.63) is 69.8 Å². The first-order valence-corrected chi connectivity index (χ1v) is 6.31. The Morgan fingerprint density at radius 2 is 1.06 bits per heavy atom. The number of aliphatic hydroxyl groups excluding tert-OH is 1. The fraction of sp³-hybridized carbons (Fsp3) is 0.294. The van der Waals surface area contributed by atoms with Gasteiger partial charge in [-0.15, -0.1) is 0 Å². The zero-order valence-electron chi connectivity index (χ0n) is 11.5. The molecule has 0 bridgehead atoms. The Hall–Kier alpha value is -1.60. The van der Waals surface area contributed by atoms with Crippen LogP contribution in [-0.2, 0) is 0 Å². The maximum Gasteiger partial charge on any atom is 0.104 e. The van der Waals surface area contributed by atoms with Crippen LogP contribution in [0.2, 0.25) is 0 Å². The topological polar surface area (TPSA) is 20.2 Å². The molecule has 0 aliphatic carbocycles. The van der Waals surface area contributed by atoms with Gasteiger partial charge in [0, 0.05) is 0 Å². The van der Waals surface area contributed by atoms with E-state index in [1.165, 1.54) is 22.3 Å². The van der Waals surface area contributed by atoms with Gasteiger partial charge in [-0.2, -0.15) is 0 Å². The largest absolute Gasteiger partial charge is 0.384 e. The predicted molar refractivity (Wildman–Crippen MR) is 75.9 cm³/mol. The second-order valence-corrected chi connectivity index (χ2v) is 5.09. The van der Waals surface area contributed by atoms with Gasteiger partial charge in [0.15, 0.2) is 0 Å². The zero-order valence-corrected chi connectivity index (χ0v) is 11.5. The van der Waals surface area contributed by atoms with Crippen LogP contribution in [0.5, 0.6) is 0 Å². The van der Waals surface area contributed by atoms with Gasteiger partial charge in [0.25, 0.3) is 0 Å². The second kappa shape index (κ2) is 4.95. The molecule has 18 heavy (non-hydrogen) atoms. The minimum atomic E-state index is -0.538. The van der Waals surface area contributed by atoms with E-state index in [1.807, 2.05) is 12.1 Å². The van der Waals surface area contributed by atoms with Crippen LogP contribution < -0.4 is 0 Å². The van der Waals surface area contributed by atoms with Crippen molar-refractivity contribution < 1.29 is 5.11 Å². The Balaban J connectivity index is 2.37. The second-order valence-electron chi connectivity index (χ2n) is 5.09. The molecule has 0 atom stereocenters. The van der Waals surface area contributed by atoms with Crippen LogP contribution in [0.4, 0.5) is 0 Å². The Bertz CT molecular complexity index is 518. The van der Waals surface area contributed by atoms with Gasteiger partial charge in [0.2, 0.25) is 0 Å². The molecule has 0 aliphatic heterocycles. The molecule has 0 saturated heterocycles. The van der Waals surface area contributed by atoms with Crippen LogP contribution in [0.1, 0.15) is 39.5 Å². The minimum Gasteiger partial charge on any atom is -0.384 e. The van der Waals surface area contributed by atoms with Crippen LogP contribution in [-0.4, -0.2) is 5.11 Å². The Morgan fingerprint density at radius 1 is 0.667 bits per heavy atom. The van der Waals surface area contributed by atoms with Crippen LogP contribution in [0, 0.1) is 27.7 Å². The molecule has 0 fully saturated rings. The van der Waals surface area contributed by atoms with E-state index in [4.69, 9.17) is 0 Å². The summed E-state index contributed by atoms with van der Waals surface area (Å²) in [5, 5.41) is 10.4. The number of aryl methyl sites for hydroxylation is 4. The first-order chi connectivity index (χ1) is 8.49. The summed E-state index contributed by atoms with van der Waals surface area (Å²) in [6.45, 7) is 8.32. The lowest BCUT2D eigenvalue weighted by Crippen LogP contribution is -2.01. The van der Waals surface area contributed by atoms with Crippen molar-refractivity contribution in [2.24, 2.45) is 0 Å². The van der Waals surface area contributed by atoms with Crippen LogP contribution in [0.25, 0.3) is 0 Å². The van der Waals surface area contributed by atoms with Gasteiger partial charge in [-0.3, -0.25) is 0 Å². The first kappa shape index (κ1) is 12.8. The molecule has 1 heteroatoms. The van der Waals surface area contributed by atoms with Crippen LogP contribution in [0.15, 0.2) is 36.4 Å². The molecule has 2 rings (SSSR count). The molecule has 0 aromatic heterocycles. The summed E-state index contributed by atoms with van der Waals surface area (Å²) in [5.74, 6) is 0. The number of hydrogen-bond donors (Lipinski definition) is 1. The highest BCUT2D eigenvalue weighted by Crippen LogP contribution is 2.25. The average Bonchev–Trinajstić information content (AvgIpc) is 2.35. The molecule has 2 aromatic carbocycles. The maximum absolute atomic E-state index is 10.4. The van der Waals surface area contributed by atoms with E-state index in [1.54, 1.807) is 0 Å². The molecule has 2 aromatic rings. The number of rotatable bonds is 2. The molecule has 1 nitrogen and oxygen atoms in total. The quantitative estimate of drug-likeness (QED) is 0.841. The highest BCUT2D eigenvalue weighted by molar-refractivity contribution is 5.38. The van der Waals surface area contributed by atoms with Crippen molar-refractivity contribution in [2.45, 2.75) is 33.8 Å². The number of hydrogen-bond acceptors (Lipinski definition) is 1. The third-order valence-corrected chi connectivity index (χ3v) is 3.69. The highest BCUT2D eigenvalue weighted by atomic mass is 16.3. The lowest BCUT2D eigenvalue weighted by molar-refractivity contribution is 0.220. The summed E-state index contributed by atoms with van der Waals surface area (Å²) < 4.78 is 0. The van der Waals surface area contributed by atoms with E-state index < -0.39 is 6.10 Å². The summed E-state index contributed by atoms with van der Waals surface area (Å²) in [7, 11) is 0. The van der Waals surface area contributed by atoms with E-state index in [2.05, 4.69) is 52.0 Å². The monoisotopic (exact) mass is 240 g/mol. The number of aliphatic hydroxyl groups is 1. The SMILES string of the molecule is Cc1ccc(C(O)c2ccc(C)c(C)c2)cc1C. The standard InChI is InChI=1S/C17H20O/c1-11-5-7-15(9-13(11)3)17(18)16-8-6-12(2)14(4)10-16/h5-10,17-18H,1-4H3. The smallest absolute Gasteiger partial charge is 0.104 e. The molecule has 0 heterocycles. The fourth-order valence-corrected chi connectivity index (χ4v) is 2.06. The molecule has 0 aliphatic rings. The molecule has 0 unspecified atom stereocenters. The van der Waals surface area contributed by atoms with Gasteiger partial charge >= 0.3 is 0 Å². The van der Waals surface area contributed by atoms with E-state index in [0.29, 0.717) is 0 Å². The minimum absolute atomic E-state index is 0.538. The van der Waals surface area contributed by atoms with Crippen molar-refractivity contribution in [3.8, 4) is 0 Å². The van der Waals surface area contributed by atoms with Gasteiger partial charge in [0.1, 0.15) is 6.10 Å². The van der Waals surface area contributed by atoms with Crippen molar-refractivity contribution in [2.75, 3.05) is 0 Å². The molecule has 0 spiro atoms. The molecule has 0 amide bonds. The van der Waals surface area contributed by atoms with Crippen molar-refractivity contribution >= 4 is 0 Å². The first-order valence-electron chi connectivity index (χ1n) is 6.31. The van der Waals surface area contributed by atoms with Gasteiger partial charge in [-0.1, -0.05) is 36.4 Å². The summed E-state index contributed by atoms with van der Waals surface area (Å²) >= 11 is 0. The lowest BCUT2D eigenvalue weighted by Gasteiger charge is -2.14. The summed E-state index contributed by atoms with van der Waals surface area (Å²) in [5.41, 5.74) is 6.87. The van der Waals surface area contributed by atoms with Gasteiger partial charge in [-0.05, 0) is 61.1 Å². The highest BCUT2D eigenvalue weighted by Gasteiger charge is 2.11. The fourth-order valence-electron chi connectivity index (χ4n) is 2.06. The van der Waals surface area contributed by atoms with Gasteiger partial charge < -0.3 is 5.11 Å². The number of benzene rings is 2. The van der Waals surface area contributed by atoms with E-state index in [0.717, 1.165) is 11.1 Å². The molecular formula is C17H20O. The zero-order chi connectivity index (χ0) is 13.3. The Kier molecular flexibility index (Phi) is 3.53. The van der Waals surface area contributed by atoms with Gasteiger partial charge in [0.05, 0.1) is 0 Å². The van der Waals surface area contributed by atoms with Gasteiger partial charge in [-0.25, -0.2) is 0 Å². The Labute approximate surface area is 109 Å². The maximum atomic E-state index is 10.4. The summed E-state index contributed by atoms with van der Waals surface area (Å²) in [6, 6.07) is 12.3. The lowest BCUT2D eigenvalue weighted by atomic mass is 9.96. The summed E-state index contributed by atoms with van der Waals surface area (Å²) in [6.07, 6.45) is -0.538. The normalized spacial score (nSPS) is 11.0. The molecule has 94 valence electrons. The molecule has 0 radical (unpaired) electrons. The molecule has 0 saturated carbocycles. The van der Waals surface area contributed by atoms with Crippen LogP contribution >= 0.6 is 0 Å². The third kappa shape index (κ3) is 2.46. The predicted octanol–water partition coefficient (Wildman–Crippen LogP) is 4.00. The third-order valence-electron chi connectivity index (χ3n) is 3.69. The molecule has 1 N–H and O–H groups in total.